The summed E-state index contributed by atoms with van der Waals surface area (Å²) in [4.78, 5) is 16.1. The molecule has 0 aliphatic carbocycles. The van der Waals surface area contributed by atoms with Crippen molar-refractivity contribution in [2.24, 2.45) is 10.7 Å². The number of ether oxygens (including phenoxy) is 1. The van der Waals surface area contributed by atoms with E-state index in [2.05, 4.69) is 15.6 Å². The molecule has 6 nitrogen and oxygen atoms in total. The molecule has 0 aliphatic heterocycles. The van der Waals surface area contributed by atoms with Crippen LogP contribution >= 0.6 is 11.6 Å². The second kappa shape index (κ2) is 10.4. The van der Waals surface area contributed by atoms with E-state index < -0.39 is 0 Å². The highest BCUT2D eigenvalue weighted by atomic mass is 35.5. The van der Waals surface area contributed by atoms with Crippen LogP contribution < -0.4 is 21.1 Å². The van der Waals surface area contributed by atoms with Crippen molar-refractivity contribution < 1.29 is 9.53 Å². The summed E-state index contributed by atoms with van der Waals surface area (Å²) in [5.41, 5.74) is 7.42. The van der Waals surface area contributed by atoms with Gasteiger partial charge in [0.15, 0.2) is 5.96 Å². The van der Waals surface area contributed by atoms with E-state index in [-0.39, 0.29) is 12.0 Å². The molecule has 0 aromatic heterocycles. The van der Waals surface area contributed by atoms with E-state index in [0.717, 1.165) is 17.1 Å². The highest BCUT2D eigenvalue weighted by Gasteiger charge is 2.03. The summed E-state index contributed by atoms with van der Waals surface area (Å²) >= 11 is 5.81. The quantitative estimate of drug-likeness (QED) is 0.358. The zero-order valence-corrected chi connectivity index (χ0v) is 16.3. The number of aliphatic imine (C=N–C) groups is 1. The molecule has 2 rings (SSSR count). The van der Waals surface area contributed by atoms with Gasteiger partial charge in [-0.15, -0.1) is 0 Å². The lowest BCUT2D eigenvalue weighted by Gasteiger charge is -2.11. The van der Waals surface area contributed by atoms with Gasteiger partial charge >= 0.3 is 0 Å². The zero-order valence-electron chi connectivity index (χ0n) is 15.5. The zero-order chi connectivity index (χ0) is 19.6. The fourth-order valence-electron chi connectivity index (χ4n) is 2.27. The predicted molar refractivity (Wildman–Crippen MR) is 112 cm³/mol. The second-order valence-electron chi connectivity index (χ2n) is 6.24. The van der Waals surface area contributed by atoms with Crippen LogP contribution in [0.5, 0.6) is 5.75 Å². The van der Waals surface area contributed by atoms with Gasteiger partial charge in [0, 0.05) is 29.4 Å². The van der Waals surface area contributed by atoms with Gasteiger partial charge in [-0.3, -0.25) is 9.79 Å². The smallest absolute Gasteiger partial charge is 0.224 e. The maximum atomic E-state index is 11.9. The average Bonchev–Trinajstić information content (AvgIpc) is 2.62. The predicted octanol–water partition coefficient (Wildman–Crippen LogP) is 4.27. The molecule has 1 amide bonds. The van der Waals surface area contributed by atoms with Crippen molar-refractivity contribution in [2.75, 3.05) is 17.2 Å². The topological polar surface area (TPSA) is 88.7 Å². The molecule has 2 aromatic carbocycles. The van der Waals surface area contributed by atoms with Gasteiger partial charge in [-0.2, -0.15) is 0 Å². The standard InChI is InChI=1S/C20H25ClN4O2/c1-14(2)27-18-11-9-17(10-12-18)25-20(22)23-13-3-4-19(26)24-16-7-5-15(21)6-8-16/h5-12,14H,3-4,13H2,1-2H3,(H,24,26)(H3,22,23,25). The third-order valence-electron chi connectivity index (χ3n) is 3.47. The number of anilines is 2. The Balaban J connectivity index is 1.70. The van der Waals surface area contributed by atoms with Crippen LogP contribution in [0.1, 0.15) is 26.7 Å². The number of hydrogen-bond donors (Lipinski definition) is 3. The molecule has 0 radical (unpaired) electrons. The third-order valence-corrected chi connectivity index (χ3v) is 3.72. The molecular weight excluding hydrogens is 364 g/mol. The van der Waals surface area contributed by atoms with Gasteiger partial charge < -0.3 is 21.1 Å². The van der Waals surface area contributed by atoms with Crippen molar-refractivity contribution in [1.29, 1.82) is 0 Å². The largest absolute Gasteiger partial charge is 0.491 e. The van der Waals surface area contributed by atoms with Gasteiger partial charge in [0.05, 0.1) is 6.10 Å². The second-order valence-corrected chi connectivity index (χ2v) is 6.68. The van der Waals surface area contributed by atoms with Gasteiger partial charge in [0.2, 0.25) is 5.91 Å². The molecular formula is C20H25ClN4O2. The molecule has 0 atom stereocenters. The first-order valence-corrected chi connectivity index (χ1v) is 9.19. The minimum absolute atomic E-state index is 0.0696. The minimum atomic E-state index is -0.0696. The average molecular weight is 389 g/mol. The first-order chi connectivity index (χ1) is 12.9. The number of carbonyl (C=O) groups is 1. The number of nitrogens with zero attached hydrogens (tertiary/aromatic N) is 1. The number of hydrogen-bond acceptors (Lipinski definition) is 3. The molecule has 0 saturated heterocycles. The monoisotopic (exact) mass is 388 g/mol. The Labute approximate surface area is 164 Å². The van der Waals surface area contributed by atoms with E-state index in [4.69, 9.17) is 22.1 Å². The van der Waals surface area contributed by atoms with E-state index in [1.165, 1.54) is 0 Å². The Bertz CT molecular complexity index is 759. The SMILES string of the molecule is CC(C)Oc1ccc(NC(N)=NCCCC(=O)Nc2ccc(Cl)cc2)cc1. The number of amides is 1. The van der Waals surface area contributed by atoms with Crippen LogP contribution in [0.4, 0.5) is 11.4 Å². The van der Waals surface area contributed by atoms with Crippen LogP contribution in [0, 0.1) is 0 Å². The van der Waals surface area contributed by atoms with Gasteiger partial charge in [-0.05, 0) is 68.8 Å². The van der Waals surface area contributed by atoms with E-state index >= 15 is 0 Å². The van der Waals surface area contributed by atoms with Crippen molar-refractivity contribution in [1.82, 2.24) is 0 Å². The lowest BCUT2D eigenvalue weighted by molar-refractivity contribution is -0.116. The molecule has 0 heterocycles. The summed E-state index contributed by atoms with van der Waals surface area (Å²) in [5.74, 6) is 1.04. The van der Waals surface area contributed by atoms with E-state index in [1.807, 2.05) is 38.1 Å². The number of benzene rings is 2. The molecule has 0 unspecified atom stereocenters. The van der Waals surface area contributed by atoms with Gasteiger partial charge in [0.25, 0.3) is 0 Å². The van der Waals surface area contributed by atoms with Crippen LogP contribution in [-0.2, 0) is 4.79 Å². The normalized spacial score (nSPS) is 11.3. The first kappa shape index (κ1) is 20.6. The third kappa shape index (κ3) is 8.00. The molecule has 144 valence electrons. The van der Waals surface area contributed by atoms with E-state index in [1.54, 1.807) is 24.3 Å². The summed E-state index contributed by atoms with van der Waals surface area (Å²) in [5, 5.41) is 6.46. The molecule has 0 fully saturated rings. The Morgan fingerprint density at radius 2 is 1.67 bits per heavy atom. The van der Waals surface area contributed by atoms with Crippen molar-refractivity contribution in [3.8, 4) is 5.75 Å². The summed E-state index contributed by atoms with van der Waals surface area (Å²) in [6.07, 6.45) is 1.09. The number of carbonyl (C=O) groups excluding carboxylic acids is 1. The first-order valence-electron chi connectivity index (χ1n) is 8.81. The maximum Gasteiger partial charge on any atom is 0.224 e. The van der Waals surface area contributed by atoms with Gasteiger partial charge in [-0.1, -0.05) is 11.6 Å². The van der Waals surface area contributed by atoms with Crippen LogP contribution in [0.15, 0.2) is 53.5 Å². The molecule has 0 bridgehead atoms. The summed E-state index contributed by atoms with van der Waals surface area (Å²) in [7, 11) is 0. The van der Waals surface area contributed by atoms with Crippen LogP contribution in [0.3, 0.4) is 0 Å². The number of nitrogens with one attached hydrogen (secondary N) is 2. The molecule has 7 heteroatoms. The Kier molecular flexibility index (Phi) is 7.95. The number of nitrogens with two attached hydrogens (primary N) is 1. The van der Waals surface area contributed by atoms with E-state index in [9.17, 15) is 4.79 Å². The summed E-state index contributed by atoms with van der Waals surface area (Å²) in [6.45, 7) is 4.42. The highest BCUT2D eigenvalue weighted by Crippen LogP contribution is 2.17. The fraction of sp³-hybridized carbons (Fsp3) is 0.300. The summed E-state index contributed by atoms with van der Waals surface area (Å²) < 4.78 is 5.59. The Hall–Kier alpha value is -2.73. The van der Waals surface area contributed by atoms with E-state index in [0.29, 0.717) is 30.4 Å². The maximum absolute atomic E-state index is 11.9. The minimum Gasteiger partial charge on any atom is -0.491 e. The van der Waals surface area contributed by atoms with Crippen molar-refractivity contribution in [3.05, 3.63) is 53.6 Å². The molecule has 27 heavy (non-hydrogen) atoms. The van der Waals surface area contributed by atoms with Crippen molar-refractivity contribution >= 4 is 34.8 Å². The van der Waals surface area contributed by atoms with Crippen molar-refractivity contribution in [2.45, 2.75) is 32.8 Å². The molecule has 0 spiro atoms. The molecule has 4 N–H and O–H groups in total. The van der Waals surface area contributed by atoms with Crippen LogP contribution in [0.25, 0.3) is 0 Å². The number of halogens is 1. The van der Waals surface area contributed by atoms with Crippen LogP contribution in [0.2, 0.25) is 5.02 Å². The lowest BCUT2D eigenvalue weighted by Crippen LogP contribution is -2.23. The molecule has 0 saturated carbocycles. The lowest BCUT2D eigenvalue weighted by atomic mass is 10.2. The number of guanidine groups is 1. The Morgan fingerprint density at radius 1 is 1.07 bits per heavy atom. The number of rotatable bonds is 8. The Morgan fingerprint density at radius 3 is 2.30 bits per heavy atom. The van der Waals surface area contributed by atoms with Crippen LogP contribution in [-0.4, -0.2) is 24.5 Å². The summed E-state index contributed by atoms with van der Waals surface area (Å²) in [6, 6.07) is 14.5. The molecule has 0 aliphatic rings. The highest BCUT2D eigenvalue weighted by molar-refractivity contribution is 6.30. The fourth-order valence-corrected chi connectivity index (χ4v) is 2.40. The van der Waals surface area contributed by atoms with Gasteiger partial charge in [-0.25, -0.2) is 0 Å². The van der Waals surface area contributed by atoms with Crippen molar-refractivity contribution in [3.63, 3.8) is 0 Å². The van der Waals surface area contributed by atoms with Gasteiger partial charge in [0.1, 0.15) is 5.75 Å². The molecule has 2 aromatic rings.